The number of hydrogen-bond acceptors (Lipinski definition) is 1. The minimum atomic E-state index is 0.357. The van der Waals surface area contributed by atoms with Crippen LogP contribution in [0.4, 0.5) is 0 Å². The molecule has 2 N–H and O–H groups in total. The number of nitrogens with zero attached hydrogens (tertiary/aromatic N) is 1. The van der Waals surface area contributed by atoms with Crippen LogP contribution in [0.25, 0.3) is 0 Å². The van der Waals surface area contributed by atoms with E-state index in [1.807, 2.05) is 0 Å². The van der Waals surface area contributed by atoms with Crippen molar-refractivity contribution in [2.75, 3.05) is 6.54 Å². The highest BCUT2D eigenvalue weighted by Crippen LogP contribution is 2.57. The number of nitrogens with two attached hydrogens (primary N) is 1. The smallest absolute Gasteiger partial charge is 0.166 e. The molecule has 0 spiro atoms. The van der Waals surface area contributed by atoms with Gasteiger partial charge in [0.2, 0.25) is 0 Å². The van der Waals surface area contributed by atoms with Crippen molar-refractivity contribution in [3.63, 3.8) is 0 Å². The van der Waals surface area contributed by atoms with Crippen LogP contribution in [0.15, 0.2) is 0 Å². The first-order valence-corrected chi connectivity index (χ1v) is 8.11. The fourth-order valence-electron chi connectivity index (χ4n) is 5.29. The van der Waals surface area contributed by atoms with E-state index in [-0.39, 0.29) is 0 Å². The zero-order valence-corrected chi connectivity index (χ0v) is 12.3. The highest BCUT2D eigenvalue weighted by Gasteiger charge is 2.53. The first-order valence-electron chi connectivity index (χ1n) is 7.70. The largest absolute Gasteiger partial charge is 0.376 e. The Hall–Kier alpha value is -0.310. The Balaban J connectivity index is 1.81. The second-order valence-corrected chi connectivity index (χ2v) is 7.40. The minimum Gasteiger partial charge on any atom is -0.376 e. The Kier molecular flexibility index (Phi) is 3.29. The molecule has 0 aromatic rings. The third-order valence-corrected chi connectivity index (χ3v) is 5.80. The van der Waals surface area contributed by atoms with Crippen molar-refractivity contribution in [2.24, 2.45) is 23.5 Å². The van der Waals surface area contributed by atoms with Gasteiger partial charge >= 0.3 is 0 Å². The molecule has 18 heavy (non-hydrogen) atoms. The molecule has 0 saturated heterocycles. The Morgan fingerprint density at radius 3 is 2.06 bits per heavy atom. The van der Waals surface area contributed by atoms with Crippen LogP contribution in [0.5, 0.6) is 0 Å². The summed E-state index contributed by atoms with van der Waals surface area (Å²) in [7, 11) is 0. The minimum absolute atomic E-state index is 0.357. The molecule has 102 valence electrons. The summed E-state index contributed by atoms with van der Waals surface area (Å²) in [5, 5.41) is 0.658. The van der Waals surface area contributed by atoms with E-state index in [0.29, 0.717) is 10.7 Å². The van der Waals surface area contributed by atoms with Crippen molar-refractivity contribution in [3.8, 4) is 0 Å². The van der Waals surface area contributed by atoms with Crippen LogP contribution in [0.3, 0.4) is 0 Å². The van der Waals surface area contributed by atoms with Gasteiger partial charge in [-0.05, 0) is 74.9 Å². The summed E-state index contributed by atoms with van der Waals surface area (Å²) in [5.74, 6) is 2.90. The van der Waals surface area contributed by atoms with Gasteiger partial charge in [0.05, 0.1) is 0 Å². The number of rotatable bonds is 4. The van der Waals surface area contributed by atoms with Crippen LogP contribution >= 0.6 is 12.2 Å². The van der Waals surface area contributed by atoms with Crippen molar-refractivity contribution in [1.82, 2.24) is 4.90 Å². The molecule has 2 nitrogen and oxygen atoms in total. The molecular formula is C15H26N2S. The average Bonchev–Trinajstić information content (AvgIpc) is 2.26. The molecule has 4 rings (SSSR count). The van der Waals surface area contributed by atoms with Crippen LogP contribution in [0, 0.1) is 17.8 Å². The van der Waals surface area contributed by atoms with Gasteiger partial charge in [0.1, 0.15) is 0 Å². The van der Waals surface area contributed by atoms with Gasteiger partial charge in [-0.1, -0.05) is 13.3 Å². The summed E-state index contributed by atoms with van der Waals surface area (Å²) in [6.07, 6.45) is 11.0. The topological polar surface area (TPSA) is 29.3 Å². The number of thiocarbonyl (C=S) groups is 1. The standard InChI is InChI=1S/C15H26N2S/c1-2-3-4-17(14(16)18)15-8-11-5-12(9-15)7-13(6-11)10-15/h11-13H,2-10H2,1H3,(H2,16,18). The first kappa shape index (κ1) is 12.7. The summed E-state index contributed by atoms with van der Waals surface area (Å²) in [5.41, 5.74) is 6.41. The molecule has 3 heteroatoms. The molecule has 0 radical (unpaired) electrons. The van der Waals surface area contributed by atoms with Crippen molar-refractivity contribution in [1.29, 1.82) is 0 Å². The third-order valence-electron chi connectivity index (χ3n) is 5.58. The SMILES string of the molecule is CCCCN(C(N)=S)C12CC3CC(CC(C3)C1)C2. The Bertz CT molecular complexity index is 304. The zero-order valence-electron chi connectivity index (χ0n) is 11.5. The van der Waals surface area contributed by atoms with Gasteiger partial charge in [-0.3, -0.25) is 0 Å². The highest BCUT2D eigenvalue weighted by molar-refractivity contribution is 7.80. The summed E-state index contributed by atoms with van der Waals surface area (Å²) in [4.78, 5) is 2.43. The summed E-state index contributed by atoms with van der Waals surface area (Å²) in [6.45, 7) is 3.33. The lowest BCUT2D eigenvalue weighted by atomic mass is 9.52. The van der Waals surface area contributed by atoms with E-state index < -0.39 is 0 Å². The lowest BCUT2D eigenvalue weighted by Gasteiger charge is -2.60. The zero-order chi connectivity index (χ0) is 12.8. The van der Waals surface area contributed by atoms with Gasteiger partial charge in [0.25, 0.3) is 0 Å². The molecule has 4 bridgehead atoms. The lowest BCUT2D eigenvalue weighted by Crippen LogP contribution is -2.62. The van der Waals surface area contributed by atoms with Crippen LogP contribution in [0.2, 0.25) is 0 Å². The van der Waals surface area contributed by atoms with E-state index in [0.717, 1.165) is 24.3 Å². The van der Waals surface area contributed by atoms with Gasteiger partial charge in [-0.15, -0.1) is 0 Å². The van der Waals surface area contributed by atoms with Crippen molar-refractivity contribution in [2.45, 2.75) is 63.8 Å². The van der Waals surface area contributed by atoms with Crippen molar-refractivity contribution in [3.05, 3.63) is 0 Å². The predicted octanol–water partition coefficient (Wildman–Crippen LogP) is 3.30. The molecule has 4 fully saturated rings. The number of hydrogen-bond donors (Lipinski definition) is 1. The second-order valence-electron chi connectivity index (χ2n) is 6.99. The summed E-state index contributed by atoms with van der Waals surface area (Å²) in [6, 6.07) is 0. The van der Waals surface area contributed by atoms with Gasteiger partial charge in [-0.2, -0.15) is 0 Å². The molecule has 4 aliphatic carbocycles. The van der Waals surface area contributed by atoms with E-state index in [4.69, 9.17) is 18.0 Å². The average molecular weight is 266 g/mol. The molecule has 0 aromatic carbocycles. The van der Waals surface area contributed by atoms with Crippen LogP contribution in [0.1, 0.15) is 58.3 Å². The maximum atomic E-state index is 6.06. The van der Waals surface area contributed by atoms with E-state index in [1.165, 1.54) is 51.4 Å². The molecule has 4 saturated carbocycles. The molecule has 0 amide bonds. The summed E-state index contributed by atoms with van der Waals surface area (Å²) >= 11 is 5.37. The maximum Gasteiger partial charge on any atom is 0.166 e. The van der Waals surface area contributed by atoms with Crippen LogP contribution in [-0.2, 0) is 0 Å². The van der Waals surface area contributed by atoms with E-state index >= 15 is 0 Å². The van der Waals surface area contributed by atoms with E-state index in [9.17, 15) is 0 Å². The van der Waals surface area contributed by atoms with E-state index in [1.54, 1.807) is 0 Å². The Labute approximate surface area is 116 Å². The predicted molar refractivity (Wildman–Crippen MR) is 79.3 cm³/mol. The normalized spacial score (nSPS) is 41.1. The maximum absolute atomic E-state index is 6.06. The molecule has 0 aromatic heterocycles. The molecule has 0 unspecified atom stereocenters. The lowest BCUT2D eigenvalue weighted by molar-refractivity contribution is -0.0619. The third kappa shape index (κ3) is 2.04. The van der Waals surface area contributed by atoms with Gasteiger partial charge in [0, 0.05) is 12.1 Å². The number of unbranched alkanes of at least 4 members (excludes halogenated alkanes) is 1. The Morgan fingerprint density at radius 1 is 1.17 bits per heavy atom. The van der Waals surface area contributed by atoms with Crippen molar-refractivity contribution >= 4 is 17.3 Å². The molecular weight excluding hydrogens is 240 g/mol. The van der Waals surface area contributed by atoms with E-state index in [2.05, 4.69) is 11.8 Å². The van der Waals surface area contributed by atoms with Crippen LogP contribution in [-0.4, -0.2) is 22.1 Å². The molecule has 0 heterocycles. The van der Waals surface area contributed by atoms with Gasteiger partial charge < -0.3 is 10.6 Å². The summed E-state index contributed by atoms with van der Waals surface area (Å²) < 4.78 is 0. The second kappa shape index (κ2) is 4.66. The van der Waals surface area contributed by atoms with Crippen LogP contribution < -0.4 is 5.73 Å². The molecule has 0 atom stereocenters. The molecule has 4 aliphatic rings. The van der Waals surface area contributed by atoms with Crippen molar-refractivity contribution < 1.29 is 0 Å². The van der Waals surface area contributed by atoms with Gasteiger partial charge in [0.15, 0.2) is 5.11 Å². The van der Waals surface area contributed by atoms with Gasteiger partial charge in [-0.25, -0.2) is 0 Å². The fraction of sp³-hybridized carbons (Fsp3) is 0.933. The molecule has 0 aliphatic heterocycles. The quantitative estimate of drug-likeness (QED) is 0.792. The Morgan fingerprint density at radius 2 is 1.67 bits per heavy atom. The fourth-order valence-corrected chi connectivity index (χ4v) is 5.58. The monoisotopic (exact) mass is 266 g/mol. The highest BCUT2D eigenvalue weighted by atomic mass is 32.1. The first-order chi connectivity index (χ1) is 8.63.